The predicted molar refractivity (Wildman–Crippen MR) is 82.1 cm³/mol. The van der Waals surface area contributed by atoms with Gasteiger partial charge < -0.3 is 4.74 Å². The fraction of sp³-hybridized carbons (Fsp3) is 0.571. The number of hydrogen-bond donors (Lipinski definition) is 0. The average molecular weight is 326 g/mol. The van der Waals surface area contributed by atoms with E-state index in [1.807, 2.05) is 6.92 Å². The molecule has 0 aromatic carbocycles. The van der Waals surface area contributed by atoms with Crippen molar-refractivity contribution in [2.75, 3.05) is 13.2 Å². The number of ketones is 1. The Morgan fingerprint density at radius 1 is 1.33 bits per heavy atom. The summed E-state index contributed by atoms with van der Waals surface area (Å²) >= 11 is 7.34. The maximum Gasteiger partial charge on any atom is 0.225 e. The first-order chi connectivity index (χ1) is 10.1. The number of Topliss-reactive ketones (excluding diaryl/α,β-unsaturated/α-hetero) is 1. The van der Waals surface area contributed by atoms with Crippen LogP contribution in [-0.2, 0) is 4.74 Å². The smallest absolute Gasteiger partial charge is 0.225 e. The third kappa shape index (κ3) is 3.39. The molecule has 1 fully saturated rings. The van der Waals surface area contributed by atoms with E-state index < -0.39 is 0 Å². The summed E-state index contributed by atoms with van der Waals surface area (Å²) in [6, 6.07) is 0. The van der Waals surface area contributed by atoms with Crippen LogP contribution in [0, 0.1) is 12.8 Å². The van der Waals surface area contributed by atoms with Crippen molar-refractivity contribution in [3.05, 3.63) is 16.0 Å². The quantitative estimate of drug-likeness (QED) is 0.636. The first-order valence-electron chi connectivity index (χ1n) is 7.05. The molecule has 0 bridgehead atoms. The second kappa shape index (κ2) is 6.34. The van der Waals surface area contributed by atoms with E-state index in [1.54, 1.807) is 0 Å². The van der Waals surface area contributed by atoms with E-state index in [4.69, 9.17) is 16.3 Å². The highest BCUT2D eigenvalue weighted by molar-refractivity contribution is 7.18. The van der Waals surface area contributed by atoms with Gasteiger partial charge in [0.1, 0.15) is 10.4 Å². The lowest BCUT2D eigenvalue weighted by Crippen LogP contribution is -2.17. The van der Waals surface area contributed by atoms with E-state index >= 15 is 0 Å². The van der Waals surface area contributed by atoms with Gasteiger partial charge in [0.05, 0.1) is 5.01 Å². The molecule has 0 unspecified atom stereocenters. The number of fused-ring (bicyclic) bond motifs is 1. The van der Waals surface area contributed by atoms with Crippen LogP contribution in [0.15, 0.2) is 0 Å². The normalized spacial score (nSPS) is 16.5. The largest absolute Gasteiger partial charge is 0.381 e. The van der Waals surface area contributed by atoms with Gasteiger partial charge in [0.15, 0.2) is 11.4 Å². The van der Waals surface area contributed by atoms with Crippen molar-refractivity contribution in [3.63, 3.8) is 0 Å². The van der Waals surface area contributed by atoms with Crippen LogP contribution in [0.1, 0.15) is 41.2 Å². The van der Waals surface area contributed by atoms with Crippen LogP contribution >= 0.6 is 22.9 Å². The van der Waals surface area contributed by atoms with E-state index in [2.05, 4.69) is 15.0 Å². The molecule has 1 saturated heterocycles. The number of nitrogens with zero attached hydrogens (tertiary/aromatic N) is 3. The lowest BCUT2D eigenvalue weighted by atomic mass is 9.93. The highest BCUT2D eigenvalue weighted by atomic mass is 35.5. The first kappa shape index (κ1) is 14.8. The maximum absolute atomic E-state index is 12.5. The lowest BCUT2D eigenvalue weighted by molar-refractivity contribution is 0.0619. The van der Waals surface area contributed by atoms with Crippen molar-refractivity contribution in [3.8, 4) is 0 Å². The zero-order valence-electron chi connectivity index (χ0n) is 11.8. The molecule has 0 N–H and O–H groups in total. The van der Waals surface area contributed by atoms with Gasteiger partial charge in [-0.2, -0.15) is 4.98 Å². The number of aromatic nitrogens is 3. The van der Waals surface area contributed by atoms with Gasteiger partial charge in [-0.15, -0.1) is 11.3 Å². The van der Waals surface area contributed by atoms with Crippen LogP contribution in [0.25, 0.3) is 10.3 Å². The fourth-order valence-electron chi connectivity index (χ4n) is 2.58. The summed E-state index contributed by atoms with van der Waals surface area (Å²) < 4.78 is 6.08. The average Bonchev–Trinajstić information content (AvgIpc) is 2.85. The number of carbonyl (C=O) groups excluding carboxylic acids is 1. The standard InChI is InChI=1S/C14H16ClN3O2S/c1-8-16-13-12(21-8)11(17-14(15)18-13)10(19)3-2-9-4-6-20-7-5-9/h9H,2-7H2,1H3. The van der Waals surface area contributed by atoms with E-state index in [0.717, 1.165) is 42.2 Å². The molecule has 7 heteroatoms. The summed E-state index contributed by atoms with van der Waals surface area (Å²) in [6.45, 7) is 3.49. The molecule has 21 heavy (non-hydrogen) atoms. The highest BCUT2D eigenvalue weighted by Gasteiger charge is 2.20. The second-order valence-corrected chi connectivity index (χ2v) is 6.79. The molecule has 2 aromatic rings. The summed E-state index contributed by atoms with van der Waals surface area (Å²) in [7, 11) is 0. The number of thiazole rings is 1. The van der Waals surface area contributed by atoms with Crippen molar-refractivity contribution in [2.24, 2.45) is 5.92 Å². The van der Waals surface area contributed by atoms with E-state index in [1.165, 1.54) is 11.3 Å². The summed E-state index contributed by atoms with van der Waals surface area (Å²) in [5.41, 5.74) is 0.939. The van der Waals surface area contributed by atoms with E-state index in [9.17, 15) is 4.79 Å². The Morgan fingerprint density at radius 3 is 2.86 bits per heavy atom. The van der Waals surface area contributed by atoms with Crippen LogP contribution in [0.5, 0.6) is 0 Å². The number of aryl methyl sites for hydroxylation is 1. The number of hydrogen-bond acceptors (Lipinski definition) is 6. The Bertz CT molecular complexity index is 668. The van der Waals surface area contributed by atoms with Gasteiger partial charge in [0.2, 0.25) is 5.28 Å². The minimum absolute atomic E-state index is 0.0273. The molecular weight excluding hydrogens is 310 g/mol. The van der Waals surface area contributed by atoms with Gasteiger partial charge in [0, 0.05) is 19.6 Å². The van der Waals surface area contributed by atoms with Crippen LogP contribution < -0.4 is 0 Å². The molecule has 2 aromatic heterocycles. The number of rotatable bonds is 4. The van der Waals surface area contributed by atoms with Crippen LogP contribution in [-0.4, -0.2) is 33.9 Å². The minimum atomic E-state index is 0.0273. The molecule has 1 aliphatic rings. The maximum atomic E-state index is 12.5. The molecule has 0 aliphatic carbocycles. The Kier molecular flexibility index (Phi) is 4.47. The lowest BCUT2D eigenvalue weighted by Gasteiger charge is -2.21. The van der Waals surface area contributed by atoms with Gasteiger partial charge in [-0.3, -0.25) is 4.79 Å². The topological polar surface area (TPSA) is 65.0 Å². The van der Waals surface area contributed by atoms with Crippen molar-refractivity contribution in [1.82, 2.24) is 15.0 Å². The van der Waals surface area contributed by atoms with Gasteiger partial charge in [-0.25, -0.2) is 9.97 Å². The Labute approximate surface area is 131 Å². The Morgan fingerprint density at radius 2 is 2.10 bits per heavy atom. The Hall–Kier alpha value is -1.11. The van der Waals surface area contributed by atoms with Gasteiger partial charge in [-0.05, 0) is 43.7 Å². The van der Waals surface area contributed by atoms with Gasteiger partial charge in [-0.1, -0.05) is 0 Å². The molecule has 0 atom stereocenters. The van der Waals surface area contributed by atoms with Gasteiger partial charge >= 0.3 is 0 Å². The molecule has 0 spiro atoms. The molecule has 3 rings (SSSR count). The molecule has 5 nitrogen and oxygen atoms in total. The molecular formula is C14H16ClN3O2S. The van der Waals surface area contributed by atoms with Crippen LogP contribution in [0.4, 0.5) is 0 Å². The SMILES string of the molecule is Cc1nc2nc(Cl)nc(C(=O)CCC3CCOCC3)c2s1. The number of carbonyl (C=O) groups is 1. The molecule has 3 heterocycles. The van der Waals surface area contributed by atoms with Gasteiger partial charge in [0.25, 0.3) is 0 Å². The van der Waals surface area contributed by atoms with Crippen LogP contribution in [0.2, 0.25) is 5.28 Å². The van der Waals surface area contributed by atoms with Crippen molar-refractivity contribution >= 4 is 39.1 Å². The Balaban J connectivity index is 1.77. The molecule has 0 radical (unpaired) electrons. The zero-order chi connectivity index (χ0) is 14.8. The second-order valence-electron chi connectivity index (χ2n) is 5.24. The molecule has 1 aliphatic heterocycles. The summed E-state index contributed by atoms with van der Waals surface area (Å²) in [6.07, 6.45) is 3.44. The van der Waals surface area contributed by atoms with Crippen molar-refractivity contribution in [2.45, 2.75) is 32.6 Å². The minimum Gasteiger partial charge on any atom is -0.381 e. The van der Waals surface area contributed by atoms with Crippen molar-refractivity contribution < 1.29 is 9.53 Å². The first-order valence-corrected chi connectivity index (χ1v) is 8.24. The number of halogens is 1. The fourth-order valence-corrected chi connectivity index (χ4v) is 3.61. The third-order valence-corrected chi connectivity index (χ3v) is 4.85. The van der Waals surface area contributed by atoms with Crippen molar-refractivity contribution in [1.29, 1.82) is 0 Å². The van der Waals surface area contributed by atoms with Crippen LogP contribution in [0.3, 0.4) is 0 Å². The summed E-state index contributed by atoms with van der Waals surface area (Å²) in [4.78, 5) is 24.9. The third-order valence-electron chi connectivity index (χ3n) is 3.72. The zero-order valence-corrected chi connectivity index (χ0v) is 13.3. The molecule has 0 saturated carbocycles. The summed E-state index contributed by atoms with van der Waals surface area (Å²) in [5.74, 6) is 0.595. The summed E-state index contributed by atoms with van der Waals surface area (Å²) in [5, 5.41) is 0.947. The van der Waals surface area contributed by atoms with E-state index in [-0.39, 0.29) is 11.1 Å². The monoisotopic (exact) mass is 325 g/mol. The molecule has 112 valence electrons. The predicted octanol–water partition coefficient (Wildman–Crippen LogP) is 3.44. The highest BCUT2D eigenvalue weighted by Crippen LogP contribution is 2.27. The van der Waals surface area contributed by atoms with E-state index in [0.29, 0.717) is 23.7 Å². The molecule has 0 amide bonds. The number of ether oxygens (including phenoxy) is 1.